The van der Waals surface area contributed by atoms with Crippen molar-refractivity contribution in [2.75, 3.05) is 7.11 Å². The van der Waals surface area contributed by atoms with Crippen LogP contribution >= 0.6 is 0 Å². The van der Waals surface area contributed by atoms with E-state index in [1.165, 1.54) is 11.1 Å². The molecule has 2 aliphatic carbocycles. The SMILES string of the molecule is COc1cc(C)cc2c1C(=O)C[C@]1(C)CC=C(C(C)C)[C@H]21. The molecule has 3 rings (SSSR count). The van der Waals surface area contributed by atoms with Gasteiger partial charge in [-0.2, -0.15) is 0 Å². The highest BCUT2D eigenvalue weighted by Crippen LogP contribution is 2.58. The van der Waals surface area contributed by atoms with Crippen LogP contribution in [0.1, 0.15) is 61.0 Å². The van der Waals surface area contributed by atoms with Crippen LogP contribution in [0.2, 0.25) is 0 Å². The van der Waals surface area contributed by atoms with E-state index in [4.69, 9.17) is 4.74 Å². The summed E-state index contributed by atoms with van der Waals surface area (Å²) >= 11 is 0. The molecule has 0 radical (unpaired) electrons. The molecule has 0 aromatic heterocycles. The molecular formula is C19H24O2. The average molecular weight is 284 g/mol. The number of ether oxygens (including phenoxy) is 1. The number of fused-ring (bicyclic) bond motifs is 3. The van der Waals surface area contributed by atoms with E-state index in [0.717, 1.165) is 23.3 Å². The largest absolute Gasteiger partial charge is 0.496 e. The molecule has 0 aliphatic heterocycles. The second-order valence-corrected chi connectivity index (χ2v) is 7.18. The molecule has 2 heteroatoms. The number of methoxy groups -OCH3 is 1. The van der Waals surface area contributed by atoms with Crippen LogP contribution in [0.4, 0.5) is 0 Å². The second-order valence-electron chi connectivity index (χ2n) is 7.18. The summed E-state index contributed by atoms with van der Waals surface area (Å²) in [4.78, 5) is 12.7. The minimum Gasteiger partial charge on any atom is -0.496 e. The number of rotatable bonds is 2. The molecule has 1 aromatic rings. The molecule has 0 N–H and O–H groups in total. The van der Waals surface area contributed by atoms with Crippen molar-refractivity contribution in [2.24, 2.45) is 11.3 Å². The van der Waals surface area contributed by atoms with E-state index < -0.39 is 0 Å². The van der Waals surface area contributed by atoms with Crippen molar-refractivity contribution < 1.29 is 9.53 Å². The summed E-state index contributed by atoms with van der Waals surface area (Å²) in [7, 11) is 1.66. The van der Waals surface area contributed by atoms with Crippen LogP contribution in [0.25, 0.3) is 0 Å². The topological polar surface area (TPSA) is 26.3 Å². The number of Topliss-reactive ketones (excluding diaryl/α,β-unsaturated/α-hetero) is 1. The van der Waals surface area contributed by atoms with Crippen LogP contribution in [-0.2, 0) is 0 Å². The first-order valence-electron chi connectivity index (χ1n) is 7.79. The third-order valence-electron chi connectivity index (χ3n) is 5.15. The van der Waals surface area contributed by atoms with Gasteiger partial charge in [0.05, 0.1) is 12.7 Å². The van der Waals surface area contributed by atoms with Crippen molar-refractivity contribution in [1.29, 1.82) is 0 Å². The monoisotopic (exact) mass is 284 g/mol. The molecular weight excluding hydrogens is 260 g/mol. The van der Waals surface area contributed by atoms with Crippen LogP contribution in [0.3, 0.4) is 0 Å². The molecule has 0 fully saturated rings. The molecule has 21 heavy (non-hydrogen) atoms. The number of hydrogen-bond acceptors (Lipinski definition) is 2. The number of aryl methyl sites for hydroxylation is 1. The van der Waals surface area contributed by atoms with Gasteiger partial charge in [0.25, 0.3) is 0 Å². The van der Waals surface area contributed by atoms with E-state index in [0.29, 0.717) is 18.3 Å². The molecule has 112 valence electrons. The molecule has 0 unspecified atom stereocenters. The van der Waals surface area contributed by atoms with Gasteiger partial charge in [-0.3, -0.25) is 4.79 Å². The Bertz CT molecular complexity index is 639. The van der Waals surface area contributed by atoms with E-state index in [1.54, 1.807) is 7.11 Å². The van der Waals surface area contributed by atoms with Gasteiger partial charge in [-0.1, -0.05) is 38.5 Å². The predicted octanol–water partition coefficient (Wildman–Crippen LogP) is 4.67. The molecule has 1 aromatic carbocycles. The first-order valence-corrected chi connectivity index (χ1v) is 7.79. The Morgan fingerprint density at radius 3 is 2.67 bits per heavy atom. The minimum absolute atomic E-state index is 0.0441. The minimum atomic E-state index is 0.0441. The number of benzene rings is 1. The van der Waals surface area contributed by atoms with E-state index in [-0.39, 0.29) is 11.2 Å². The number of ketones is 1. The summed E-state index contributed by atoms with van der Waals surface area (Å²) in [5, 5.41) is 0. The molecule has 0 amide bonds. The predicted molar refractivity (Wildman–Crippen MR) is 85.1 cm³/mol. The van der Waals surface area contributed by atoms with Gasteiger partial charge in [0, 0.05) is 12.3 Å². The lowest BCUT2D eigenvalue weighted by atomic mass is 9.63. The van der Waals surface area contributed by atoms with Crippen LogP contribution < -0.4 is 4.74 Å². The Labute approximate surface area is 127 Å². The summed E-state index contributed by atoms with van der Waals surface area (Å²) in [5.41, 5.74) is 4.70. The molecule has 0 heterocycles. The smallest absolute Gasteiger partial charge is 0.167 e. The normalized spacial score (nSPS) is 27.4. The number of carbonyl (C=O) groups excluding carboxylic acids is 1. The van der Waals surface area contributed by atoms with E-state index in [9.17, 15) is 4.79 Å². The van der Waals surface area contributed by atoms with Crippen molar-refractivity contribution >= 4 is 5.78 Å². The van der Waals surface area contributed by atoms with Gasteiger partial charge in [-0.15, -0.1) is 0 Å². The molecule has 2 atom stereocenters. The molecule has 0 saturated carbocycles. The van der Waals surface area contributed by atoms with Gasteiger partial charge in [-0.25, -0.2) is 0 Å². The molecule has 2 aliphatic rings. The van der Waals surface area contributed by atoms with Gasteiger partial charge in [-0.05, 0) is 41.9 Å². The maximum Gasteiger partial charge on any atom is 0.167 e. The zero-order valence-electron chi connectivity index (χ0n) is 13.6. The van der Waals surface area contributed by atoms with Gasteiger partial charge in [0.2, 0.25) is 0 Å². The molecule has 2 nitrogen and oxygen atoms in total. The number of allylic oxidation sites excluding steroid dienone is 2. The maximum atomic E-state index is 12.7. The van der Waals surface area contributed by atoms with Crippen LogP contribution in [-0.4, -0.2) is 12.9 Å². The summed E-state index contributed by atoms with van der Waals surface area (Å²) in [6, 6.07) is 4.17. The highest BCUT2D eigenvalue weighted by molar-refractivity contribution is 6.02. The zero-order valence-corrected chi connectivity index (χ0v) is 13.6. The summed E-state index contributed by atoms with van der Waals surface area (Å²) in [5.74, 6) is 1.86. The van der Waals surface area contributed by atoms with Crippen molar-refractivity contribution in [3.05, 3.63) is 40.5 Å². The van der Waals surface area contributed by atoms with Crippen molar-refractivity contribution in [1.82, 2.24) is 0 Å². The lowest BCUT2D eigenvalue weighted by Crippen LogP contribution is -2.33. The van der Waals surface area contributed by atoms with Gasteiger partial charge in [0.1, 0.15) is 5.75 Å². The summed E-state index contributed by atoms with van der Waals surface area (Å²) in [6.07, 6.45) is 4.00. The van der Waals surface area contributed by atoms with E-state index in [1.807, 2.05) is 6.07 Å². The third-order valence-corrected chi connectivity index (χ3v) is 5.15. The highest BCUT2D eigenvalue weighted by atomic mass is 16.5. The second kappa shape index (κ2) is 4.72. The standard InChI is InChI=1S/C19H24O2/c1-11(2)13-6-7-19(4)10-15(20)17-14(18(13)19)8-12(3)9-16(17)21-5/h6,8-9,11,18H,7,10H2,1-5H3/t18-,19+/m1/s1. The zero-order chi connectivity index (χ0) is 15.4. The van der Waals surface area contributed by atoms with Gasteiger partial charge < -0.3 is 4.74 Å². The molecule has 0 spiro atoms. The van der Waals surface area contributed by atoms with Gasteiger partial charge in [0.15, 0.2) is 5.78 Å². The maximum absolute atomic E-state index is 12.7. The Hall–Kier alpha value is -1.57. The average Bonchev–Trinajstić information content (AvgIpc) is 2.75. The Kier molecular flexibility index (Phi) is 3.23. The first kappa shape index (κ1) is 14.4. The summed E-state index contributed by atoms with van der Waals surface area (Å²) < 4.78 is 5.50. The van der Waals surface area contributed by atoms with Gasteiger partial charge >= 0.3 is 0 Å². The first-order chi connectivity index (χ1) is 9.87. The molecule has 0 bridgehead atoms. The van der Waals surface area contributed by atoms with Crippen molar-refractivity contribution in [3.8, 4) is 5.75 Å². The van der Waals surface area contributed by atoms with Crippen LogP contribution in [0.15, 0.2) is 23.8 Å². The van der Waals surface area contributed by atoms with E-state index >= 15 is 0 Å². The Morgan fingerprint density at radius 1 is 1.33 bits per heavy atom. The lowest BCUT2D eigenvalue weighted by Gasteiger charge is -2.40. The van der Waals surface area contributed by atoms with Crippen LogP contribution in [0.5, 0.6) is 5.75 Å². The Morgan fingerprint density at radius 2 is 2.05 bits per heavy atom. The lowest BCUT2D eigenvalue weighted by molar-refractivity contribution is 0.0885. The fourth-order valence-electron chi connectivity index (χ4n) is 4.21. The fraction of sp³-hybridized carbons (Fsp3) is 0.526. The summed E-state index contributed by atoms with van der Waals surface area (Å²) in [6.45, 7) is 8.84. The van der Waals surface area contributed by atoms with E-state index in [2.05, 4.69) is 39.8 Å². The third kappa shape index (κ3) is 2.04. The highest BCUT2D eigenvalue weighted by Gasteiger charge is 2.48. The Balaban J connectivity index is 2.25. The van der Waals surface area contributed by atoms with Crippen molar-refractivity contribution in [3.63, 3.8) is 0 Å². The number of hydrogen-bond donors (Lipinski definition) is 0. The number of carbonyl (C=O) groups is 1. The van der Waals surface area contributed by atoms with Crippen LogP contribution in [0, 0.1) is 18.3 Å². The van der Waals surface area contributed by atoms with Crippen molar-refractivity contribution in [2.45, 2.75) is 46.5 Å². The fourth-order valence-corrected chi connectivity index (χ4v) is 4.21. The molecule has 0 saturated heterocycles. The quantitative estimate of drug-likeness (QED) is 0.738.